The molecule has 0 bridgehead atoms. The highest BCUT2D eigenvalue weighted by Crippen LogP contribution is 2.32. The van der Waals surface area contributed by atoms with Gasteiger partial charge in [-0.3, -0.25) is 0 Å². The predicted octanol–water partition coefficient (Wildman–Crippen LogP) is 3.87. The van der Waals surface area contributed by atoms with E-state index in [1.54, 1.807) is 0 Å². The molecule has 0 amide bonds. The van der Waals surface area contributed by atoms with Gasteiger partial charge in [-0.1, -0.05) is 33.1 Å². The lowest BCUT2D eigenvalue weighted by molar-refractivity contribution is 1.05. The van der Waals surface area contributed by atoms with Crippen molar-refractivity contribution >= 4 is 0 Å². The van der Waals surface area contributed by atoms with Crippen LogP contribution in [0.15, 0.2) is 36.0 Å². The van der Waals surface area contributed by atoms with E-state index in [1.807, 2.05) is 13.8 Å². The highest BCUT2D eigenvalue weighted by atomic mass is 14.2. The van der Waals surface area contributed by atoms with Crippen LogP contribution in [0.5, 0.6) is 0 Å². The number of hydrogen-bond donors (Lipinski definition) is 0. The Hall–Kier alpha value is -0.780. The summed E-state index contributed by atoms with van der Waals surface area (Å²) in [6.45, 7) is 13.9. The average molecular weight is 150 g/mol. The van der Waals surface area contributed by atoms with Crippen LogP contribution in [0.2, 0.25) is 0 Å². The van der Waals surface area contributed by atoms with Gasteiger partial charge in [-0.2, -0.15) is 0 Å². The van der Waals surface area contributed by atoms with Gasteiger partial charge < -0.3 is 0 Å². The van der Waals surface area contributed by atoms with Gasteiger partial charge in [0.1, 0.15) is 0 Å². The summed E-state index contributed by atoms with van der Waals surface area (Å²) in [4.78, 5) is 0. The van der Waals surface area contributed by atoms with Gasteiger partial charge >= 0.3 is 0 Å². The van der Waals surface area contributed by atoms with E-state index in [0.29, 0.717) is 0 Å². The molecule has 0 unspecified atom stereocenters. The molecule has 0 N–H and O–H groups in total. The highest BCUT2D eigenvalue weighted by molar-refractivity contribution is 5.48. The lowest BCUT2D eigenvalue weighted by Gasteiger charge is -1.94. The maximum Gasteiger partial charge on any atom is -0.0236 e. The molecule has 0 radical (unpaired) electrons. The topological polar surface area (TPSA) is 0 Å². The molecular formula is C11H18. The summed E-state index contributed by atoms with van der Waals surface area (Å²) in [5.74, 6) is 0. The average Bonchev–Trinajstić information content (AvgIpc) is 2.37. The van der Waals surface area contributed by atoms with Crippen molar-refractivity contribution in [2.24, 2.45) is 0 Å². The molecule has 62 valence electrons. The second-order valence-corrected chi connectivity index (χ2v) is 2.40. The van der Waals surface area contributed by atoms with Gasteiger partial charge in [-0.25, -0.2) is 0 Å². The van der Waals surface area contributed by atoms with E-state index >= 15 is 0 Å². The van der Waals surface area contributed by atoms with E-state index in [1.165, 1.54) is 11.1 Å². The molecule has 0 spiro atoms. The van der Waals surface area contributed by atoms with Crippen molar-refractivity contribution < 1.29 is 0 Å². The Morgan fingerprint density at radius 1 is 1.18 bits per heavy atom. The number of hydrogen-bond acceptors (Lipinski definition) is 0. The normalized spacial score (nSPS) is 20.1. The Morgan fingerprint density at radius 2 is 1.73 bits per heavy atom. The zero-order valence-electron chi connectivity index (χ0n) is 7.91. The molecule has 0 saturated heterocycles. The van der Waals surface area contributed by atoms with Gasteiger partial charge in [0, 0.05) is 0 Å². The second-order valence-electron chi connectivity index (χ2n) is 2.40. The third kappa shape index (κ3) is 2.38. The molecule has 1 aliphatic carbocycles. The summed E-state index contributed by atoms with van der Waals surface area (Å²) in [5, 5.41) is 0. The summed E-state index contributed by atoms with van der Waals surface area (Å²) >= 11 is 0. The van der Waals surface area contributed by atoms with Crippen LogP contribution < -0.4 is 0 Å². The van der Waals surface area contributed by atoms with Crippen LogP contribution in [-0.4, -0.2) is 0 Å². The summed E-state index contributed by atoms with van der Waals surface area (Å²) in [5.41, 5.74) is 3.75. The van der Waals surface area contributed by atoms with E-state index in [2.05, 4.69) is 26.2 Å². The SMILES string of the molecule is C=C1CC/C(=C/C)C1=C.CC. The van der Waals surface area contributed by atoms with Crippen LogP contribution in [0, 0.1) is 0 Å². The molecule has 0 aromatic heterocycles. The first kappa shape index (κ1) is 10.2. The summed E-state index contributed by atoms with van der Waals surface area (Å²) in [6, 6.07) is 0. The third-order valence-corrected chi connectivity index (χ3v) is 1.86. The zero-order chi connectivity index (χ0) is 8.85. The van der Waals surface area contributed by atoms with Crippen LogP contribution >= 0.6 is 0 Å². The molecule has 1 fully saturated rings. The molecule has 1 aliphatic rings. The van der Waals surface area contributed by atoms with Crippen molar-refractivity contribution in [1.29, 1.82) is 0 Å². The van der Waals surface area contributed by atoms with Crippen LogP contribution in [-0.2, 0) is 0 Å². The van der Waals surface area contributed by atoms with Gasteiger partial charge in [0.05, 0.1) is 0 Å². The Kier molecular flexibility index (Phi) is 4.60. The fourth-order valence-corrected chi connectivity index (χ4v) is 1.13. The lowest BCUT2D eigenvalue weighted by Crippen LogP contribution is -1.74. The predicted molar refractivity (Wildman–Crippen MR) is 52.6 cm³/mol. The third-order valence-electron chi connectivity index (χ3n) is 1.86. The molecule has 0 nitrogen and oxygen atoms in total. The maximum absolute atomic E-state index is 3.92. The second kappa shape index (κ2) is 4.95. The van der Waals surface area contributed by atoms with Gasteiger partial charge in [0.25, 0.3) is 0 Å². The van der Waals surface area contributed by atoms with Crippen LogP contribution in [0.3, 0.4) is 0 Å². The standard InChI is InChI=1S/C9H12.C2H6/c1-4-9-6-5-7(2)8(9)3;1-2/h4H,2-3,5-6H2,1H3;1-2H3/b9-4-;. The van der Waals surface area contributed by atoms with E-state index in [0.717, 1.165) is 18.4 Å². The van der Waals surface area contributed by atoms with Crippen molar-refractivity contribution in [3.8, 4) is 0 Å². The monoisotopic (exact) mass is 150 g/mol. The quantitative estimate of drug-likeness (QED) is 0.492. The molecule has 0 atom stereocenters. The fraction of sp³-hybridized carbons (Fsp3) is 0.455. The van der Waals surface area contributed by atoms with Crippen molar-refractivity contribution in [2.45, 2.75) is 33.6 Å². The summed E-state index contributed by atoms with van der Waals surface area (Å²) in [7, 11) is 0. The molecule has 0 aromatic rings. The number of rotatable bonds is 0. The first-order chi connectivity index (χ1) is 5.25. The molecule has 1 rings (SSSR count). The van der Waals surface area contributed by atoms with E-state index in [4.69, 9.17) is 0 Å². The van der Waals surface area contributed by atoms with Crippen LogP contribution in [0.1, 0.15) is 33.6 Å². The minimum absolute atomic E-state index is 1.11. The zero-order valence-corrected chi connectivity index (χ0v) is 7.91. The Labute approximate surface area is 70.3 Å². The van der Waals surface area contributed by atoms with Gasteiger partial charge in [-0.05, 0) is 36.5 Å². The molecule has 0 aromatic carbocycles. The van der Waals surface area contributed by atoms with Crippen LogP contribution in [0.25, 0.3) is 0 Å². The molecular weight excluding hydrogens is 132 g/mol. The molecule has 0 heteroatoms. The largest absolute Gasteiger partial charge is 0.0952 e. The van der Waals surface area contributed by atoms with Crippen molar-refractivity contribution in [3.63, 3.8) is 0 Å². The Balaban J connectivity index is 0.000000461. The van der Waals surface area contributed by atoms with E-state index in [9.17, 15) is 0 Å². The minimum Gasteiger partial charge on any atom is -0.0952 e. The van der Waals surface area contributed by atoms with Crippen molar-refractivity contribution in [1.82, 2.24) is 0 Å². The minimum atomic E-state index is 1.11. The van der Waals surface area contributed by atoms with Gasteiger partial charge in [0.15, 0.2) is 0 Å². The number of allylic oxidation sites excluding steroid dienone is 4. The van der Waals surface area contributed by atoms with Crippen molar-refractivity contribution in [3.05, 3.63) is 36.0 Å². The summed E-state index contributed by atoms with van der Waals surface area (Å²) < 4.78 is 0. The van der Waals surface area contributed by atoms with Gasteiger partial charge in [0.2, 0.25) is 0 Å². The summed E-state index contributed by atoms with van der Waals surface area (Å²) in [6.07, 6.45) is 4.38. The first-order valence-electron chi connectivity index (χ1n) is 4.28. The van der Waals surface area contributed by atoms with E-state index < -0.39 is 0 Å². The van der Waals surface area contributed by atoms with Gasteiger partial charge in [-0.15, -0.1) is 0 Å². The maximum atomic E-state index is 3.92. The molecule has 0 aliphatic heterocycles. The Morgan fingerprint density at radius 3 is 1.91 bits per heavy atom. The van der Waals surface area contributed by atoms with E-state index in [-0.39, 0.29) is 0 Å². The first-order valence-corrected chi connectivity index (χ1v) is 4.28. The van der Waals surface area contributed by atoms with Crippen molar-refractivity contribution in [2.75, 3.05) is 0 Å². The Bertz CT molecular complexity index is 182. The molecule has 1 saturated carbocycles. The molecule has 11 heavy (non-hydrogen) atoms. The smallest absolute Gasteiger partial charge is 0.0236 e. The molecule has 0 heterocycles. The lowest BCUT2D eigenvalue weighted by atomic mass is 10.1. The van der Waals surface area contributed by atoms with Crippen LogP contribution in [0.4, 0.5) is 0 Å². The highest BCUT2D eigenvalue weighted by Gasteiger charge is 2.13. The fourth-order valence-electron chi connectivity index (χ4n) is 1.13.